The maximum Gasteiger partial charge on any atom is 0.328 e. The van der Waals surface area contributed by atoms with Crippen molar-refractivity contribution in [3.63, 3.8) is 0 Å². The van der Waals surface area contributed by atoms with E-state index in [1.807, 2.05) is 0 Å². The van der Waals surface area contributed by atoms with Crippen LogP contribution in [0.1, 0.15) is 117 Å². The number of hydrogen-bond donors (Lipinski definition) is 5. The average molecular weight is 485 g/mol. The first kappa shape index (κ1) is 35.4. The molecule has 0 saturated carbocycles. The van der Waals surface area contributed by atoms with Crippen LogP contribution in [-0.2, 0) is 19.7 Å². The molecule has 194 valence electrons. The number of carboxylic acid groups (broad SMARTS) is 2. The molecule has 0 spiro atoms. The Bertz CT molecular complexity index is 599. The average Bonchev–Trinajstić information content (AvgIpc) is 2.65. The molecule has 0 fully saturated rings. The largest absolute Gasteiger partial charge is 0.481 e. The fraction of sp³-hybridized carbons (Fsp3) is 0.909. The minimum atomic E-state index is -5.11. The van der Waals surface area contributed by atoms with E-state index in [0.717, 1.165) is 64.2 Å². The molecule has 32 heavy (non-hydrogen) atoms. The third-order valence-corrected chi connectivity index (χ3v) is 7.52. The Labute approximate surface area is 194 Å². The standard InChI is InChI=1S/C22H42O7S.2H3N/c1-3-5-7-9-11-13-15-17-19(20(23)24)22(21(25)26,30(27,28)29)18-16-14-12-10-8-6-4-2;;/h19H,3-18H2,1-2H3,(H,23,24)(H,25,26)(H,27,28,29);2*1H3. The smallest absolute Gasteiger partial charge is 0.328 e. The Morgan fingerprint density at radius 1 is 0.719 bits per heavy atom. The van der Waals surface area contributed by atoms with Gasteiger partial charge in [0, 0.05) is 0 Å². The molecule has 0 rings (SSSR count). The zero-order valence-electron chi connectivity index (χ0n) is 20.2. The predicted molar refractivity (Wildman–Crippen MR) is 128 cm³/mol. The van der Waals surface area contributed by atoms with E-state index in [4.69, 9.17) is 0 Å². The molecule has 0 radical (unpaired) electrons. The van der Waals surface area contributed by atoms with Crippen molar-refractivity contribution >= 4 is 22.1 Å². The molecule has 0 saturated heterocycles. The van der Waals surface area contributed by atoms with Gasteiger partial charge in [0.2, 0.25) is 4.75 Å². The highest BCUT2D eigenvalue weighted by Gasteiger charge is 2.58. The molecule has 0 bridgehead atoms. The summed E-state index contributed by atoms with van der Waals surface area (Å²) in [5, 5.41) is 19.4. The van der Waals surface area contributed by atoms with Crippen LogP contribution in [0.15, 0.2) is 0 Å². The minimum Gasteiger partial charge on any atom is -0.481 e. The van der Waals surface area contributed by atoms with Crippen LogP contribution in [-0.4, -0.2) is 39.9 Å². The quantitative estimate of drug-likeness (QED) is 0.101. The zero-order valence-corrected chi connectivity index (χ0v) is 21.0. The van der Waals surface area contributed by atoms with Gasteiger partial charge in [0.25, 0.3) is 10.1 Å². The summed E-state index contributed by atoms with van der Waals surface area (Å²) in [5.41, 5.74) is 0. The number of aliphatic carboxylic acids is 2. The van der Waals surface area contributed by atoms with Gasteiger partial charge in [0.1, 0.15) is 0 Å². The maximum absolute atomic E-state index is 12.2. The van der Waals surface area contributed by atoms with Crippen molar-refractivity contribution in [2.75, 3.05) is 0 Å². The molecule has 2 atom stereocenters. The molecule has 0 aliphatic heterocycles. The Kier molecular flexibility index (Phi) is 21.3. The van der Waals surface area contributed by atoms with E-state index in [1.54, 1.807) is 0 Å². The molecule has 0 amide bonds. The lowest BCUT2D eigenvalue weighted by molar-refractivity contribution is -0.152. The van der Waals surface area contributed by atoms with E-state index in [1.165, 1.54) is 0 Å². The molecular weight excluding hydrogens is 436 g/mol. The molecule has 0 aromatic rings. The van der Waals surface area contributed by atoms with Gasteiger partial charge in [-0.3, -0.25) is 14.1 Å². The van der Waals surface area contributed by atoms with Crippen molar-refractivity contribution in [2.45, 2.75) is 121 Å². The van der Waals surface area contributed by atoms with Gasteiger partial charge >= 0.3 is 11.9 Å². The van der Waals surface area contributed by atoms with E-state index in [0.29, 0.717) is 19.3 Å². The molecular formula is C22H48N2O7S. The SMILES string of the molecule is CCCCCCCCCC(C(=O)O)C(CCCCCCCCC)(C(=O)O)S(=O)(=O)O.N.N. The Balaban J connectivity index is -0.00000420. The van der Waals surface area contributed by atoms with E-state index in [2.05, 4.69) is 13.8 Å². The molecule has 0 aromatic heterocycles. The summed E-state index contributed by atoms with van der Waals surface area (Å²) in [4.78, 5) is 23.9. The molecule has 0 aliphatic carbocycles. The highest BCUT2D eigenvalue weighted by atomic mass is 32.2. The number of unbranched alkanes of at least 4 members (excludes halogenated alkanes) is 12. The second-order valence-corrected chi connectivity index (χ2v) is 10.0. The molecule has 2 unspecified atom stereocenters. The van der Waals surface area contributed by atoms with E-state index in [-0.39, 0.29) is 31.6 Å². The lowest BCUT2D eigenvalue weighted by atomic mass is 9.82. The van der Waals surface area contributed by atoms with Gasteiger partial charge in [-0.2, -0.15) is 8.42 Å². The molecule has 9 nitrogen and oxygen atoms in total. The van der Waals surface area contributed by atoms with E-state index >= 15 is 0 Å². The van der Waals surface area contributed by atoms with Crippen LogP contribution in [0.2, 0.25) is 0 Å². The first-order valence-electron chi connectivity index (χ1n) is 11.6. The summed E-state index contributed by atoms with van der Waals surface area (Å²) >= 11 is 0. The summed E-state index contributed by atoms with van der Waals surface area (Å²) in [6.07, 6.45) is 11.9. The highest BCUT2D eigenvalue weighted by Crippen LogP contribution is 2.37. The monoisotopic (exact) mass is 484 g/mol. The first-order chi connectivity index (χ1) is 14.1. The Morgan fingerprint density at radius 2 is 1.09 bits per heavy atom. The highest BCUT2D eigenvalue weighted by molar-refractivity contribution is 7.88. The van der Waals surface area contributed by atoms with Crippen molar-refractivity contribution < 1.29 is 32.8 Å². The maximum atomic E-state index is 12.2. The van der Waals surface area contributed by atoms with Crippen LogP contribution >= 0.6 is 0 Å². The van der Waals surface area contributed by atoms with Crippen molar-refractivity contribution in [3.8, 4) is 0 Å². The third kappa shape index (κ3) is 12.1. The summed E-state index contributed by atoms with van der Waals surface area (Å²) in [7, 11) is -5.11. The van der Waals surface area contributed by atoms with Crippen molar-refractivity contribution in [1.29, 1.82) is 0 Å². The first-order valence-corrected chi connectivity index (χ1v) is 13.0. The Morgan fingerprint density at radius 3 is 1.44 bits per heavy atom. The van der Waals surface area contributed by atoms with E-state index < -0.39 is 32.7 Å². The second kappa shape index (κ2) is 19.3. The summed E-state index contributed by atoms with van der Waals surface area (Å²) in [5.74, 6) is -4.92. The van der Waals surface area contributed by atoms with Crippen molar-refractivity contribution in [2.24, 2.45) is 5.92 Å². The third-order valence-electron chi connectivity index (χ3n) is 5.93. The second-order valence-electron chi connectivity index (χ2n) is 8.34. The van der Waals surface area contributed by atoms with Gasteiger partial charge in [-0.05, 0) is 12.8 Å². The van der Waals surface area contributed by atoms with Crippen LogP contribution in [0, 0.1) is 5.92 Å². The minimum absolute atomic E-state index is 0. The lowest BCUT2D eigenvalue weighted by Crippen LogP contribution is -2.55. The van der Waals surface area contributed by atoms with Gasteiger partial charge < -0.3 is 22.5 Å². The van der Waals surface area contributed by atoms with Crippen LogP contribution in [0.5, 0.6) is 0 Å². The van der Waals surface area contributed by atoms with Gasteiger partial charge in [-0.25, -0.2) is 0 Å². The molecule has 0 aliphatic rings. The van der Waals surface area contributed by atoms with Crippen LogP contribution < -0.4 is 12.3 Å². The fourth-order valence-corrected chi connectivity index (χ4v) is 5.26. The number of carboxylic acids is 2. The molecule has 0 heterocycles. The van der Waals surface area contributed by atoms with Gasteiger partial charge in [-0.15, -0.1) is 0 Å². The molecule has 10 heteroatoms. The van der Waals surface area contributed by atoms with Crippen LogP contribution in [0.25, 0.3) is 0 Å². The van der Waals surface area contributed by atoms with E-state index in [9.17, 15) is 32.8 Å². The zero-order chi connectivity index (χ0) is 23.0. The van der Waals surface area contributed by atoms with Gasteiger partial charge in [0.05, 0.1) is 5.92 Å². The van der Waals surface area contributed by atoms with Crippen LogP contribution in [0.3, 0.4) is 0 Å². The number of rotatable bonds is 20. The Hall–Kier alpha value is -1.23. The van der Waals surface area contributed by atoms with Crippen molar-refractivity contribution in [1.82, 2.24) is 12.3 Å². The van der Waals surface area contributed by atoms with Gasteiger partial charge in [-0.1, -0.05) is 104 Å². The topological polar surface area (TPSA) is 199 Å². The number of carbonyl (C=O) groups is 2. The molecule has 9 N–H and O–H groups in total. The normalized spacial score (nSPS) is 14.0. The lowest BCUT2D eigenvalue weighted by Gasteiger charge is -2.32. The summed E-state index contributed by atoms with van der Waals surface area (Å²) in [6, 6.07) is 0. The summed E-state index contributed by atoms with van der Waals surface area (Å²) in [6.45, 7) is 4.22. The van der Waals surface area contributed by atoms with Crippen molar-refractivity contribution in [3.05, 3.63) is 0 Å². The van der Waals surface area contributed by atoms with Gasteiger partial charge in [0.15, 0.2) is 0 Å². The number of hydrogen-bond acceptors (Lipinski definition) is 6. The molecule has 0 aromatic carbocycles. The summed E-state index contributed by atoms with van der Waals surface area (Å²) < 4.78 is 31.5. The van der Waals surface area contributed by atoms with Crippen LogP contribution in [0.4, 0.5) is 0 Å². The fourth-order valence-electron chi connectivity index (χ4n) is 4.06. The predicted octanol–water partition coefficient (Wildman–Crippen LogP) is 6.00.